The van der Waals surface area contributed by atoms with E-state index in [1.165, 1.54) is 24.1 Å². The number of para-hydroxylation sites is 1. The van der Waals surface area contributed by atoms with Gasteiger partial charge in [0.1, 0.15) is 0 Å². The standard InChI is InChI=1S/C13H19N/c1-3-11-6-4-5-7-13(11)14-10(2)12-8-9-12/h4-7,10,12,14H,3,8-9H2,1-2H3. The second-order valence-electron chi connectivity index (χ2n) is 4.28. The van der Waals surface area contributed by atoms with Crippen LogP contribution in [-0.2, 0) is 6.42 Å². The summed E-state index contributed by atoms with van der Waals surface area (Å²) in [6.07, 6.45) is 3.92. The molecule has 1 aliphatic rings. The van der Waals surface area contributed by atoms with Crippen LogP contribution in [0.5, 0.6) is 0 Å². The topological polar surface area (TPSA) is 12.0 Å². The fraction of sp³-hybridized carbons (Fsp3) is 0.538. The van der Waals surface area contributed by atoms with Gasteiger partial charge in [0.15, 0.2) is 0 Å². The van der Waals surface area contributed by atoms with Crippen molar-refractivity contribution in [3.05, 3.63) is 29.8 Å². The Balaban J connectivity index is 2.06. The zero-order valence-electron chi connectivity index (χ0n) is 9.09. The third-order valence-corrected chi connectivity index (χ3v) is 3.11. The van der Waals surface area contributed by atoms with Crippen molar-refractivity contribution >= 4 is 5.69 Å². The summed E-state index contributed by atoms with van der Waals surface area (Å²) in [6, 6.07) is 9.27. The zero-order chi connectivity index (χ0) is 9.97. The fourth-order valence-corrected chi connectivity index (χ4v) is 1.93. The maximum atomic E-state index is 3.62. The van der Waals surface area contributed by atoms with Gasteiger partial charge in [-0.05, 0) is 43.7 Å². The summed E-state index contributed by atoms with van der Waals surface area (Å²) in [4.78, 5) is 0. The molecule has 0 saturated heterocycles. The summed E-state index contributed by atoms with van der Waals surface area (Å²) < 4.78 is 0. The molecule has 0 radical (unpaired) electrons. The van der Waals surface area contributed by atoms with Gasteiger partial charge in [0.05, 0.1) is 0 Å². The van der Waals surface area contributed by atoms with Crippen LogP contribution in [0.3, 0.4) is 0 Å². The molecule has 0 spiro atoms. The molecule has 1 nitrogen and oxygen atoms in total. The van der Waals surface area contributed by atoms with Gasteiger partial charge in [-0.1, -0.05) is 25.1 Å². The van der Waals surface area contributed by atoms with Crippen LogP contribution in [-0.4, -0.2) is 6.04 Å². The van der Waals surface area contributed by atoms with E-state index in [1.54, 1.807) is 0 Å². The van der Waals surface area contributed by atoms with Gasteiger partial charge in [0.2, 0.25) is 0 Å². The predicted molar refractivity (Wildman–Crippen MR) is 61.6 cm³/mol. The lowest BCUT2D eigenvalue weighted by Crippen LogP contribution is -2.18. The van der Waals surface area contributed by atoms with Crippen LogP contribution in [0.15, 0.2) is 24.3 Å². The Bertz CT molecular complexity index is 302. The molecular weight excluding hydrogens is 170 g/mol. The van der Waals surface area contributed by atoms with Crippen molar-refractivity contribution in [2.24, 2.45) is 5.92 Å². The monoisotopic (exact) mass is 189 g/mol. The molecule has 2 rings (SSSR count). The van der Waals surface area contributed by atoms with E-state index >= 15 is 0 Å². The molecule has 1 heteroatoms. The average molecular weight is 189 g/mol. The van der Waals surface area contributed by atoms with Crippen molar-refractivity contribution < 1.29 is 0 Å². The van der Waals surface area contributed by atoms with Crippen molar-refractivity contribution in [3.8, 4) is 0 Å². The van der Waals surface area contributed by atoms with Crippen molar-refractivity contribution in [3.63, 3.8) is 0 Å². The van der Waals surface area contributed by atoms with Gasteiger partial charge in [-0.2, -0.15) is 0 Å². The molecule has 1 unspecified atom stereocenters. The van der Waals surface area contributed by atoms with Crippen LogP contribution in [0.25, 0.3) is 0 Å². The van der Waals surface area contributed by atoms with Crippen molar-refractivity contribution in [1.82, 2.24) is 0 Å². The molecule has 1 atom stereocenters. The van der Waals surface area contributed by atoms with Gasteiger partial charge in [0.25, 0.3) is 0 Å². The number of hydrogen-bond donors (Lipinski definition) is 1. The molecular formula is C13H19N. The number of hydrogen-bond acceptors (Lipinski definition) is 1. The Morgan fingerprint density at radius 2 is 2.07 bits per heavy atom. The van der Waals surface area contributed by atoms with Gasteiger partial charge in [-0.15, -0.1) is 0 Å². The Morgan fingerprint density at radius 1 is 1.36 bits per heavy atom. The van der Waals surface area contributed by atoms with Crippen LogP contribution < -0.4 is 5.32 Å². The number of anilines is 1. The van der Waals surface area contributed by atoms with Crippen molar-refractivity contribution in [2.45, 2.75) is 39.2 Å². The van der Waals surface area contributed by atoms with E-state index in [4.69, 9.17) is 0 Å². The van der Waals surface area contributed by atoms with E-state index in [1.807, 2.05) is 0 Å². The largest absolute Gasteiger partial charge is 0.382 e. The van der Waals surface area contributed by atoms with Crippen LogP contribution in [0, 0.1) is 5.92 Å². The number of aryl methyl sites for hydroxylation is 1. The number of benzene rings is 1. The minimum atomic E-state index is 0.641. The quantitative estimate of drug-likeness (QED) is 0.765. The second kappa shape index (κ2) is 4.04. The summed E-state index contributed by atoms with van der Waals surface area (Å²) in [5.41, 5.74) is 2.76. The summed E-state index contributed by atoms with van der Waals surface area (Å²) in [6.45, 7) is 4.51. The first kappa shape index (κ1) is 9.57. The summed E-state index contributed by atoms with van der Waals surface area (Å²) in [5.74, 6) is 0.917. The molecule has 14 heavy (non-hydrogen) atoms. The highest BCUT2D eigenvalue weighted by atomic mass is 14.9. The molecule has 0 aliphatic heterocycles. The lowest BCUT2D eigenvalue weighted by molar-refractivity contribution is 0.693. The Morgan fingerprint density at radius 3 is 2.71 bits per heavy atom. The Kier molecular flexibility index (Phi) is 2.76. The highest BCUT2D eigenvalue weighted by Crippen LogP contribution is 2.34. The molecule has 1 N–H and O–H groups in total. The van der Waals surface area contributed by atoms with Crippen molar-refractivity contribution in [2.75, 3.05) is 5.32 Å². The Hall–Kier alpha value is -0.980. The van der Waals surface area contributed by atoms with E-state index in [0.717, 1.165) is 12.3 Å². The molecule has 1 saturated carbocycles. The summed E-state index contributed by atoms with van der Waals surface area (Å²) >= 11 is 0. The first-order valence-corrected chi connectivity index (χ1v) is 5.65. The highest BCUT2D eigenvalue weighted by molar-refractivity contribution is 5.51. The first-order valence-electron chi connectivity index (χ1n) is 5.65. The van der Waals surface area contributed by atoms with E-state index in [9.17, 15) is 0 Å². The molecule has 76 valence electrons. The lowest BCUT2D eigenvalue weighted by Gasteiger charge is -2.16. The maximum absolute atomic E-state index is 3.62. The number of rotatable bonds is 4. The van der Waals surface area contributed by atoms with Gasteiger partial charge >= 0.3 is 0 Å². The minimum Gasteiger partial charge on any atom is -0.382 e. The molecule has 0 heterocycles. The smallest absolute Gasteiger partial charge is 0.0374 e. The maximum Gasteiger partial charge on any atom is 0.0374 e. The van der Waals surface area contributed by atoms with Crippen LogP contribution >= 0.6 is 0 Å². The van der Waals surface area contributed by atoms with Crippen LogP contribution in [0.2, 0.25) is 0 Å². The third-order valence-electron chi connectivity index (χ3n) is 3.11. The number of nitrogens with one attached hydrogen (secondary N) is 1. The van der Waals surface area contributed by atoms with Gasteiger partial charge in [0, 0.05) is 11.7 Å². The SMILES string of the molecule is CCc1ccccc1NC(C)C1CC1. The predicted octanol–water partition coefficient (Wildman–Crippen LogP) is 3.46. The van der Waals surface area contributed by atoms with E-state index in [-0.39, 0.29) is 0 Å². The normalized spacial score (nSPS) is 17.9. The van der Waals surface area contributed by atoms with E-state index in [2.05, 4.69) is 43.4 Å². The lowest BCUT2D eigenvalue weighted by atomic mass is 10.1. The molecule has 0 amide bonds. The average Bonchev–Trinajstić information content (AvgIpc) is 3.02. The molecule has 1 fully saturated rings. The summed E-state index contributed by atoms with van der Waals surface area (Å²) in [7, 11) is 0. The molecule has 0 aromatic heterocycles. The molecule has 1 aliphatic carbocycles. The second-order valence-corrected chi connectivity index (χ2v) is 4.28. The van der Waals surface area contributed by atoms with Crippen LogP contribution in [0.1, 0.15) is 32.3 Å². The Labute approximate surface area is 86.5 Å². The first-order chi connectivity index (χ1) is 6.81. The van der Waals surface area contributed by atoms with E-state index < -0.39 is 0 Å². The minimum absolute atomic E-state index is 0.641. The van der Waals surface area contributed by atoms with Gasteiger partial charge < -0.3 is 5.32 Å². The highest BCUT2D eigenvalue weighted by Gasteiger charge is 2.27. The van der Waals surface area contributed by atoms with Gasteiger partial charge in [-0.3, -0.25) is 0 Å². The summed E-state index contributed by atoms with van der Waals surface area (Å²) in [5, 5.41) is 3.62. The third kappa shape index (κ3) is 2.09. The van der Waals surface area contributed by atoms with E-state index in [0.29, 0.717) is 6.04 Å². The molecule has 1 aromatic rings. The zero-order valence-corrected chi connectivity index (χ0v) is 9.09. The fourth-order valence-electron chi connectivity index (χ4n) is 1.93. The van der Waals surface area contributed by atoms with Crippen LogP contribution in [0.4, 0.5) is 5.69 Å². The van der Waals surface area contributed by atoms with Gasteiger partial charge in [-0.25, -0.2) is 0 Å². The molecule has 0 bridgehead atoms. The van der Waals surface area contributed by atoms with Crippen molar-refractivity contribution in [1.29, 1.82) is 0 Å². The molecule has 1 aromatic carbocycles.